The van der Waals surface area contributed by atoms with Crippen LogP contribution in [-0.2, 0) is 15.2 Å². The number of unbranched alkanes of at least 4 members (excludes halogenated alkanes) is 1. The zero-order chi connectivity index (χ0) is 7.11. The summed E-state index contributed by atoms with van der Waals surface area (Å²) in [5.41, 5.74) is 0. The first kappa shape index (κ1) is 13.8. The van der Waals surface area contributed by atoms with E-state index in [1.54, 1.807) is 0 Å². The van der Waals surface area contributed by atoms with Gasteiger partial charge in [0.05, 0.1) is 6.61 Å². The van der Waals surface area contributed by atoms with E-state index in [1.807, 2.05) is 0 Å². The van der Waals surface area contributed by atoms with E-state index >= 15 is 0 Å². The van der Waals surface area contributed by atoms with Crippen molar-refractivity contribution in [3.8, 4) is 0 Å². The number of hydrogen-bond acceptors (Lipinski definition) is 3. The zero-order valence-electron chi connectivity index (χ0n) is 4.88. The van der Waals surface area contributed by atoms with E-state index in [4.69, 9.17) is 11.6 Å². The zero-order valence-corrected chi connectivity index (χ0v) is 6.53. The number of thiol groups is 1. The molecule has 0 saturated heterocycles. The molecule has 0 aliphatic rings. The number of hydrogen-bond donors (Lipinski definition) is 1. The summed E-state index contributed by atoms with van der Waals surface area (Å²) >= 11 is 5.31. The summed E-state index contributed by atoms with van der Waals surface area (Å²) in [7, 11) is -2.66. The molecule has 0 N–H and O–H groups in total. The van der Waals surface area contributed by atoms with E-state index in [-0.39, 0.29) is 36.2 Å². The van der Waals surface area contributed by atoms with Gasteiger partial charge in [-0.25, -0.2) is 8.42 Å². The van der Waals surface area contributed by atoms with Gasteiger partial charge >= 0.3 is 29.6 Å². The SMILES string of the molecule is O=[SH](=O)OCCCCCl.[NaH]. The average molecular weight is 197 g/mol. The molecule has 58 valence electrons. The number of rotatable bonds is 5. The molecule has 0 amide bonds. The fourth-order valence-corrected chi connectivity index (χ4v) is 0.803. The molecule has 0 bridgehead atoms. The van der Waals surface area contributed by atoms with E-state index in [9.17, 15) is 8.42 Å². The van der Waals surface area contributed by atoms with Gasteiger partial charge < -0.3 is 0 Å². The third-order valence-electron chi connectivity index (χ3n) is 0.725. The minimum atomic E-state index is -2.66. The van der Waals surface area contributed by atoms with Crippen LogP contribution >= 0.6 is 11.6 Å². The van der Waals surface area contributed by atoms with Crippen molar-refractivity contribution in [2.45, 2.75) is 12.8 Å². The minimum absolute atomic E-state index is 0. The van der Waals surface area contributed by atoms with Gasteiger partial charge in [-0.1, -0.05) is 0 Å². The van der Waals surface area contributed by atoms with Gasteiger partial charge in [-0.2, -0.15) is 0 Å². The Hall–Kier alpha value is 1.20. The van der Waals surface area contributed by atoms with Gasteiger partial charge in [-0.3, -0.25) is 4.18 Å². The molecular formula is C4H10ClNaO3S. The van der Waals surface area contributed by atoms with Crippen molar-refractivity contribution in [1.29, 1.82) is 0 Å². The molecule has 10 heavy (non-hydrogen) atoms. The third-order valence-corrected chi connectivity index (χ3v) is 1.39. The van der Waals surface area contributed by atoms with Gasteiger partial charge in [0.15, 0.2) is 0 Å². The van der Waals surface area contributed by atoms with Gasteiger partial charge in [0.2, 0.25) is 0 Å². The van der Waals surface area contributed by atoms with Crippen molar-refractivity contribution in [3.63, 3.8) is 0 Å². The van der Waals surface area contributed by atoms with Crippen LogP contribution in [0.3, 0.4) is 0 Å². The van der Waals surface area contributed by atoms with Crippen molar-refractivity contribution in [2.75, 3.05) is 12.5 Å². The molecule has 3 nitrogen and oxygen atoms in total. The fourth-order valence-electron chi connectivity index (χ4n) is 0.336. The molecule has 6 heteroatoms. The molecule has 0 aliphatic carbocycles. The van der Waals surface area contributed by atoms with Gasteiger partial charge in [0, 0.05) is 5.88 Å². The quantitative estimate of drug-likeness (QED) is 0.289. The molecule has 0 radical (unpaired) electrons. The Labute approximate surface area is 89.5 Å². The van der Waals surface area contributed by atoms with E-state index in [1.165, 1.54) is 0 Å². The Balaban J connectivity index is 0. The molecule has 0 unspecified atom stereocenters. The standard InChI is InChI=1S/C4H9ClO3S.Na.H/c5-3-1-2-4-8-9(6)7;;/h9H,1-4H2;;. The Kier molecular flexibility index (Phi) is 14.0. The van der Waals surface area contributed by atoms with E-state index in [0.29, 0.717) is 12.3 Å². The summed E-state index contributed by atoms with van der Waals surface area (Å²) in [4.78, 5) is 0. The van der Waals surface area contributed by atoms with Crippen LogP contribution in [0.25, 0.3) is 0 Å². The third kappa shape index (κ3) is 11.9. The van der Waals surface area contributed by atoms with Gasteiger partial charge in [0.1, 0.15) is 0 Å². The molecule has 0 atom stereocenters. The van der Waals surface area contributed by atoms with Crippen LogP contribution in [0.15, 0.2) is 0 Å². The van der Waals surface area contributed by atoms with Crippen molar-refractivity contribution in [3.05, 3.63) is 0 Å². The van der Waals surface area contributed by atoms with Crippen LogP contribution in [0.1, 0.15) is 12.8 Å². The van der Waals surface area contributed by atoms with Gasteiger partial charge in [-0.15, -0.1) is 11.6 Å². The Morgan fingerprint density at radius 1 is 1.30 bits per heavy atom. The van der Waals surface area contributed by atoms with Crippen LogP contribution in [0.2, 0.25) is 0 Å². The van der Waals surface area contributed by atoms with Crippen LogP contribution in [0.5, 0.6) is 0 Å². The first-order chi connectivity index (χ1) is 4.27. The first-order valence-electron chi connectivity index (χ1n) is 2.60. The predicted octanol–water partition coefficient (Wildman–Crippen LogP) is -0.100. The molecule has 0 fully saturated rings. The molecule has 0 rings (SSSR count). The fraction of sp³-hybridized carbons (Fsp3) is 1.00. The summed E-state index contributed by atoms with van der Waals surface area (Å²) in [5.74, 6) is 0.555. The maximum absolute atomic E-state index is 9.74. The molecule has 0 aromatic carbocycles. The van der Waals surface area contributed by atoms with Crippen molar-refractivity contribution in [2.24, 2.45) is 0 Å². The summed E-state index contributed by atoms with van der Waals surface area (Å²) in [6, 6.07) is 0. The summed E-state index contributed by atoms with van der Waals surface area (Å²) in [6.45, 7) is 0.255. The molecule has 0 spiro atoms. The average Bonchev–Trinajstić information content (AvgIpc) is 1.80. The second-order valence-corrected chi connectivity index (χ2v) is 2.54. The van der Waals surface area contributed by atoms with Crippen LogP contribution in [0, 0.1) is 0 Å². The second-order valence-electron chi connectivity index (χ2n) is 1.45. The molecule has 0 aromatic rings. The summed E-state index contributed by atoms with van der Waals surface area (Å²) < 4.78 is 23.7. The monoisotopic (exact) mass is 196 g/mol. The Morgan fingerprint density at radius 3 is 2.30 bits per heavy atom. The van der Waals surface area contributed by atoms with E-state index in [2.05, 4.69) is 4.18 Å². The molecule has 0 heterocycles. The van der Waals surface area contributed by atoms with Crippen molar-refractivity contribution in [1.82, 2.24) is 0 Å². The molecule has 0 saturated carbocycles. The van der Waals surface area contributed by atoms with E-state index < -0.39 is 11.0 Å². The normalized spacial score (nSPS) is 9.40. The van der Waals surface area contributed by atoms with Gasteiger partial charge in [0.25, 0.3) is 11.0 Å². The second kappa shape index (κ2) is 10.2. The summed E-state index contributed by atoms with van der Waals surface area (Å²) in [6.07, 6.45) is 1.50. The van der Waals surface area contributed by atoms with Crippen molar-refractivity contribution >= 4 is 52.1 Å². The van der Waals surface area contributed by atoms with Crippen LogP contribution in [-0.4, -0.2) is 50.5 Å². The Bertz CT molecular complexity index is 120. The topological polar surface area (TPSA) is 43.4 Å². The van der Waals surface area contributed by atoms with Gasteiger partial charge in [-0.05, 0) is 12.8 Å². The molecule has 0 aromatic heterocycles. The van der Waals surface area contributed by atoms with Crippen molar-refractivity contribution < 1.29 is 12.6 Å². The predicted molar refractivity (Wildman–Crippen MR) is 43.4 cm³/mol. The van der Waals surface area contributed by atoms with E-state index in [0.717, 1.165) is 6.42 Å². The number of halogens is 1. The Morgan fingerprint density at radius 2 is 1.90 bits per heavy atom. The molecular weight excluding hydrogens is 187 g/mol. The van der Waals surface area contributed by atoms with Crippen LogP contribution in [0.4, 0.5) is 0 Å². The number of alkyl halides is 1. The molecule has 0 aliphatic heterocycles. The van der Waals surface area contributed by atoms with Crippen LogP contribution < -0.4 is 0 Å². The maximum atomic E-state index is 9.74. The summed E-state index contributed by atoms with van der Waals surface area (Å²) in [5, 5.41) is 0. The first-order valence-corrected chi connectivity index (χ1v) is 4.23.